The predicted molar refractivity (Wildman–Crippen MR) is 63.0 cm³/mol. The minimum Gasteiger partial charge on any atom is -0.303 e. The molecule has 0 unspecified atom stereocenters. The third-order valence-corrected chi connectivity index (χ3v) is 3.10. The summed E-state index contributed by atoms with van der Waals surface area (Å²) in [4.78, 5) is 3.88. The van der Waals surface area contributed by atoms with Gasteiger partial charge in [0.05, 0.1) is 23.1 Å². The van der Waals surface area contributed by atoms with Gasteiger partial charge in [-0.15, -0.1) is 0 Å². The summed E-state index contributed by atoms with van der Waals surface area (Å²) in [5.74, 6) is 0. The number of nitrogens with zero attached hydrogens (tertiary/aromatic N) is 2. The zero-order valence-corrected chi connectivity index (χ0v) is 11.0. The molecule has 8 heteroatoms. The monoisotopic (exact) mass is 308 g/mol. The van der Waals surface area contributed by atoms with Gasteiger partial charge in [0, 0.05) is 11.4 Å². The molecule has 0 aliphatic heterocycles. The molecule has 0 saturated heterocycles. The number of alkyl halides is 6. The Labute approximate surface area is 116 Å². The molecular weight excluding hydrogens is 298 g/mol. The van der Waals surface area contributed by atoms with Gasteiger partial charge in [0.15, 0.2) is 0 Å². The molecule has 1 heterocycles. The second-order valence-electron chi connectivity index (χ2n) is 4.55. The molecule has 0 aliphatic carbocycles. The molecule has 1 aromatic heterocycles. The number of aromatic nitrogens is 2. The molecule has 0 spiro atoms. The summed E-state index contributed by atoms with van der Waals surface area (Å²) in [5, 5.41) is 0. The van der Waals surface area contributed by atoms with Crippen molar-refractivity contribution in [3.05, 3.63) is 47.0 Å². The predicted octanol–water partition coefficient (Wildman–Crippen LogP) is 4.53. The number of rotatable bonds is 1. The van der Waals surface area contributed by atoms with Crippen LogP contribution >= 0.6 is 0 Å². The normalized spacial score (nSPS) is 12.8. The topological polar surface area (TPSA) is 17.8 Å². The van der Waals surface area contributed by atoms with Crippen LogP contribution in [0.25, 0.3) is 5.69 Å². The standard InChI is InChI=1S/C13H10F6N2/c1-7-8(2)21(6-20-7)11-4-9(12(14,15)16)3-10(5-11)13(17,18)19/h3-6H,1-2H3. The molecule has 0 amide bonds. The molecule has 0 fully saturated rings. The molecule has 114 valence electrons. The number of benzene rings is 1. The average molecular weight is 308 g/mol. The van der Waals surface area contributed by atoms with E-state index in [1.807, 2.05) is 0 Å². The number of imidazole rings is 1. The van der Waals surface area contributed by atoms with E-state index in [9.17, 15) is 26.3 Å². The average Bonchev–Trinajstić information content (AvgIpc) is 2.67. The van der Waals surface area contributed by atoms with Crippen LogP contribution in [-0.2, 0) is 12.4 Å². The van der Waals surface area contributed by atoms with Crippen LogP contribution in [0.15, 0.2) is 24.5 Å². The van der Waals surface area contributed by atoms with Crippen LogP contribution in [0.1, 0.15) is 22.5 Å². The van der Waals surface area contributed by atoms with E-state index in [-0.39, 0.29) is 11.8 Å². The van der Waals surface area contributed by atoms with Gasteiger partial charge in [0.2, 0.25) is 0 Å². The van der Waals surface area contributed by atoms with Crippen LogP contribution in [0.4, 0.5) is 26.3 Å². The molecule has 0 aliphatic rings. The Morgan fingerprint density at radius 2 is 1.33 bits per heavy atom. The smallest absolute Gasteiger partial charge is 0.303 e. The minimum absolute atomic E-state index is 0.0998. The molecule has 0 N–H and O–H groups in total. The third-order valence-electron chi connectivity index (χ3n) is 3.10. The maximum Gasteiger partial charge on any atom is 0.416 e. The van der Waals surface area contributed by atoms with Crippen molar-refractivity contribution in [1.29, 1.82) is 0 Å². The van der Waals surface area contributed by atoms with Gasteiger partial charge in [-0.1, -0.05) is 0 Å². The molecule has 0 saturated carbocycles. The maximum absolute atomic E-state index is 12.8. The van der Waals surface area contributed by atoms with Gasteiger partial charge < -0.3 is 4.57 Å². The van der Waals surface area contributed by atoms with Gasteiger partial charge in [-0.2, -0.15) is 26.3 Å². The summed E-state index contributed by atoms with van der Waals surface area (Å²) in [7, 11) is 0. The Bertz CT molecular complexity index is 634. The van der Waals surface area contributed by atoms with Crippen LogP contribution in [0.3, 0.4) is 0 Å². The highest BCUT2D eigenvalue weighted by Crippen LogP contribution is 2.37. The maximum atomic E-state index is 12.8. The number of aryl methyl sites for hydroxylation is 1. The summed E-state index contributed by atoms with van der Waals surface area (Å²) in [5.41, 5.74) is -1.92. The van der Waals surface area contributed by atoms with Crippen molar-refractivity contribution in [3.8, 4) is 5.69 Å². The first-order valence-corrected chi connectivity index (χ1v) is 5.80. The van der Waals surface area contributed by atoms with Crippen molar-refractivity contribution in [2.75, 3.05) is 0 Å². The Kier molecular flexibility index (Phi) is 3.51. The van der Waals surface area contributed by atoms with E-state index in [4.69, 9.17) is 0 Å². The molecule has 2 rings (SSSR count). The van der Waals surface area contributed by atoms with Crippen molar-refractivity contribution >= 4 is 0 Å². The first kappa shape index (κ1) is 15.4. The lowest BCUT2D eigenvalue weighted by Gasteiger charge is -2.15. The van der Waals surface area contributed by atoms with E-state index in [1.165, 1.54) is 10.9 Å². The van der Waals surface area contributed by atoms with Crippen LogP contribution in [0.5, 0.6) is 0 Å². The molecule has 0 radical (unpaired) electrons. The summed E-state index contributed by atoms with van der Waals surface area (Å²) >= 11 is 0. The highest BCUT2D eigenvalue weighted by molar-refractivity contribution is 5.44. The summed E-state index contributed by atoms with van der Waals surface area (Å²) in [6.07, 6.45) is -8.53. The number of hydrogen-bond acceptors (Lipinski definition) is 1. The lowest BCUT2D eigenvalue weighted by molar-refractivity contribution is -0.143. The second kappa shape index (κ2) is 4.78. The van der Waals surface area contributed by atoms with E-state index in [0.29, 0.717) is 23.5 Å². The van der Waals surface area contributed by atoms with Crippen LogP contribution in [0, 0.1) is 13.8 Å². The van der Waals surface area contributed by atoms with Gasteiger partial charge in [-0.05, 0) is 32.0 Å². The van der Waals surface area contributed by atoms with Gasteiger partial charge in [-0.25, -0.2) is 4.98 Å². The first-order chi connectivity index (χ1) is 9.50. The largest absolute Gasteiger partial charge is 0.416 e. The SMILES string of the molecule is Cc1ncn(-c2cc(C(F)(F)F)cc(C(F)(F)F)c2)c1C. The number of halogens is 6. The highest BCUT2D eigenvalue weighted by Gasteiger charge is 2.37. The van der Waals surface area contributed by atoms with Crippen molar-refractivity contribution in [2.45, 2.75) is 26.2 Å². The fraction of sp³-hybridized carbons (Fsp3) is 0.308. The van der Waals surface area contributed by atoms with Gasteiger partial charge >= 0.3 is 12.4 Å². The van der Waals surface area contributed by atoms with E-state index in [1.54, 1.807) is 13.8 Å². The fourth-order valence-electron chi connectivity index (χ4n) is 1.84. The molecule has 21 heavy (non-hydrogen) atoms. The van der Waals surface area contributed by atoms with Crippen molar-refractivity contribution < 1.29 is 26.3 Å². The van der Waals surface area contributed by atoms with Crippen molar-refractivity contribution in [1.82, 2.24) is 9.55 Å². The van der Waals surface area contributed by atoms with E-state index >= 15 is 0 Å². The van der Waals surface area contributed by atoms with Crippen molar-refractivity contribution in [2.24, 2.45) is 0 Å². The molecule has 0 atom stereocenters. The lowest BCUT2D eigenvalue weighted by Crippen LogP contribution is -2.12. The summed E-state index contributed by atoms with van der Waals surface area (Å²) in [6.45, 7) is 3.18. The van der Waals surface area contributed by atoms with Crippen molar-refractivity contribution in [3.63, 3.8) is 0 Å². The summed E-state index contributed by atoms with van der Waals surface area (Å²) in [6, 6.07) is 1.44. The fourth-order valence-corrected chi connectivity index (χ4v) is 1.84. The quantitative estimate of drug-likeness (QED) is 0.708. The zero-order valence-electron chi connectivity index (χ0n) is 11.0. The van der Waals surface area contributed by atoms with Gasteiger partial charge in [0.25, 0.3) is 0 Å². The Morgan fingerprint density at radius 3 is 1.67 bits per heavy atom. The lowest BCUT2D eigenvalue weighted by atomic mass is 10.1. The van der Waals surface area contributed by atoms with Crippen LogP contribution in [-0.4, -0.2) is 9.55 Å². The highest BCUT2D eigenvalue weighted by atomic mass is 19.4. The molecule has 0 bridgehead atoms. The number of hydrogen-bond donors (Lipinski definition) is 0. The van der Waals surface area contributed by atoms with E-state index in [0.717, 1.165) is 0 Å². The minimum atomic E-state index is -4.86. The Morgan fingerprint density at radius 1 is 0.857 bits per heavy atom. The molecule has 1 aromatic carbocycles. The second-order valence-corrected chi connectivity index (χ2v) is 4.55. The van der Waals surface area contributed by atoms with Crippen LogP contribution < -0.4 is 0 Å². The van der Waals surface area contributed by atoms with Gasteiger partial charge in [0.1, 0.15) is 0 Å². The molecular formula is C13H10F6N2. The first-order valence-electron chi connectivity index (χ1n) is 5.80. The Hall–Kier alpha value is -1.99. The van der Waals surface area contributed by atoms with Crippen LogP contribution in [0.2, 0.25) is 0 Å². The molecule has 2 nitrogen and oxygen atoms in total. The van der Waals surface area contributed by atoms with Gasteiger partial charge in [-0.3, -0.25) is 0 Å². The third kappa shape index (κ3) is 3.03. The van der Waals surface area contributed by atoms with E-state index < -0.39 is 23.5 Å². The Balaban J connectivity index is 2.69. The zero-order chi connectivity index (χ0) is 16.0. The summed E-state index contributed by atoms with van der Waals surface area (Å²) < 4.78 is 77.8. The van der Waals surface area contributed by atoms with E-state index in [2.05, 4.69) is 4.98 Å². The molecule has 2 aromatic rings.